The molecule has 2 fully saturated rings. The molecule has 4 aromatic rings. The van der Waals surface area contributed by atoms with E-state index in [0.717, 1.165) is 53.4 Å². The number of hydrogen-bond donors (Lipinski definition) is 0. The molecule has 0 radical (unpaired) electrons. The zero-order chi connectivity index (χ0) is 27.6. The maximum atomic E-state index is 13.7. The van der Waals surface area contributed by atoms with E-state index in [1.54, 1.807) is 28.9 Å². The smallest absolute Gasteiger partial charge is 0.253 e. The number of benzene rings is 2. The monoisotopic (exact) mass is 544 g/mol. The molecule has 0 bridgehead atoms. The summed E-state index contributed by atoms with van der Waals surface area (Å²) in [5.74, 6) is 1.48. The third kappa shape index (κ3) is 5.42. The molecule has 1 aliphatic carbocycles. The van der Waals surface area contributed by atoms with Gasteiger partial charge in [0.2, 0.25) is 0 Å². The van der Waals surface area contributed by atoms with Gasteiger partial charge in [-0.25, -0.2) is 23.4 Å². The van der Waals surface area contributed by atoms with Crippen LogP contribution in [0.15, 0.2) is 48.5 Å². The highest BCUT2D eigenvalue weighted by Gasteiger charge is 2.26. The minimum absolute atomic E-state index is 0.0898. The van der Waals surface area contributed by atoms with Gasteiger partial charge in [0.15, 0.2) is 5.65 Å². The van der Waals surface area contributed by atoms with E-state index in [4.69, 9.17) is 15.1 Å². The summed E-state index contributed by atoms with van der Waals surface area (Å²) in [7, 11) is 0. The van der Waals surface area contributed by atoms with Crippen molar-refractivity contribution in [2.75, 3.05) is 31.1 Å². The fourth-order valence-corrected chi connectivity index (χ4v) is 6.04. The van der Waals surface area contributed by atoms with Crippen molar-refractivity contribution < 1.29 is 13.6 Å². The predicted octanol–water partition coefficient (Wildman–Crippen LogP) is 5.88. The first-order chi connectivity index (χ1) is 19.5. The molecular formula is C31H34F2N6O. The number of aromatic nitrogens is 4. The largest absolute Gasteiger partial charge is 0.354 e. The third-order valence-electron chi connectivity index (χ3n) is 8.17. The van der Waals surface area contributed by atoms with E-state index in [1.165, 1.54) is 56.4 Å². The maximum absolute atomic E-state index is 13.7. The Morgan fingerprint density at radius 2 is 1.55 bits per heavy atom. The standard InChI is InChI=1S/C31H34F2N6O/c1-21-28-29(37-16-5-17-38(19-18-37)31(40)23-8-10-24(32)11-9-23)34-27(20-22-6-3-2-4-7-22)35-30(28)39(36-21)26-14-12-25(33)13-15-26/h8-15,22H,2-7,16-20H2,1H3. The first-order valence-electron chi connectivity index (χ1n) is 14.3. The maximum Gasteiger partial charge on any atom is 0.253 e. The van der Waals surface area contributed by atoms with Gasteiger partial charge in [-0.1, -0.05) is 32.1 Å². The highest BCUT2D eigenvalue weighted by molar-refractivity contribution is 5.94. The summed E-state index contributed by atoms with van der Waals surface area (Å²) in [6, 6.07) is 12.0. The molecule has 2 aromatic carbocycles. The summed E-state index contributed by atoms with van der Waals surface area (Å²) in [5.41, 5.74) is 2.77. The van der Waals surface area contributed by atoms with Crippen LogP contribution in [0.2, 0.25) is 0 Å². The number of halogens is 2. The molecule has 1 saturated carbocycles. The summed E-state index contributed by atoms with van der Waals surface area (Å²) in [4.78, 5) is 27.4. The zero-order valence-electron chi connectivity index (χ0n) is 22.8. The molecule has 0 spiro atoms. The zero-order valence-corrected chi connectivity index (χ0v) is 22.8. The van der Waals surface area contributed by atoms with Gasteiger partial charge >= 0.3 is 0 Å². The highest BCUT2D eigenvalue weighted by Crippen LogP contribution is 2.32. The fourth-order valence-electron chi connectivity index (χ4n) is 6.04. The number of fused-ring (bicyclic) bond motifs is 1. The Labute approximate surface area is 232 Å². The summed E-state index contributed by atoms with van der Waals surface area (Å²) >= 11 is 0. The van der Waals surface area contributed by atoms with Crippen molar-refractivity contribution in [1.29, 1.82) is 0 Å². The first-order valence-corrected chi connectivity index (χ1v) is 14.3. The van der Waals surface area contributed by atoms with E-state index in [1.807, 2.05) is 11.8 Å². The van der Waals surface area contributed by atoms with Crippen LogP contribution < -0.4 is 4.90 Å². The van der Waals surface area contributed by atoms with E-state index in [2.05, 4.69) is 4.90 Å². The van der Waals surface area contributed by atoms with Gasteiger partial charge in [-0.2, -0.15) is 5.10 Å². The molecule has 208 valence electrons. The number of amides is 1. The van der Waals surface area contributed by atoms with Gasteiger partial charge in [0.05, 0.1) is 16.8 Å². The average Bonchev–Trinajstić information content (AvgIpc) is 3.13. The van der Waals surface area contributed by atoms with E-state index in [9.17, 15) is 13.6 Å². The van der Waals surface area contributed by atoms with Crippen molar-refractivity contribution in [2.24, 2.45) is 5.92 Å². The molecule has 1 saturated heterocycles. The fraction of sp³-hybridized carbons (Fsp3) is 0.419. The summed E-state index contributed by atoms with van der Waals surface area (Å²) in [5, 5.41) is 5.70. The topological polar surface area (TPSA) is 67.2 Å². The van der Waals surface area contributed by atoms with Crippen LogP contribution in [-0.4, -0.2) is 56.7 Å². The molecule has 2 aromatic heterocycles. The molecule has 0 N–H and O–H groups in total. The SMILES string of the molecule is Cc1nn(-c2ccc(F)cc2)c2nc(CC3CCCCC3)nc(N3CCCN(C(=O)c4ccc(F)cc4)CC3)c12. The number of hydrogen-bond acceptors (Lipinski definition) is 5. The third-order valence-corrected chi connectivity index (χ3v) is 8.17. The van der Waals surface area contributed by atoms with Gasteiger partial charge in [0.1, 0.15) is 23.3 Å². The molecule has 0 atom stereocenters. The quantitative estimate of drug-likeness (QED) is 0.314. The predicted molar refractivity (Wildman–Crippen MR) is 151 cm³/mol. The second-order valence-electron chi connectivity index (χ2n) is 11.0. The summed E-state index contributed by atoms with van der Waals surface area (Å²) < 4.78 is 28.9. The van der Waals surface area contributed by atoms with Crippen molar-refractivity contribution in [3.8, 4) is 5.69 Å². The van der Waals surface area contributed by atoms with Crippen LogP contribution in [0.4, 0.5) is 14.6 Å². The lowest BCUT2D eigenvalue weighted by molar-refractivity contribution is 0.0767. The van der Waals surface area contributed by atoms with Crippen LogP contribution in [0, 0.1) is 24.5 Å². The lowest BCUT2D eigenvalue weighted by Gasteiger charge is -2.25. The molecule has 6 rings (SSSR count). The normalized spacial score (nSPS) is 16.9. The van der Waals surface area contributed by atoms with Crippen molar-refractivity contribution >= 4 is 22.8 Å². The Bertz CT molecular complexity index is 1500. The van der Waals surface area contributed by atoms with Gasteiger partial charge in [0, 0.05) is 38.2 Å². The molecule has 1 aliphatic heterocycles. The lowest BCUT2D eigenvalue weighted by Crippen LogP contribution is -2.35. The second kappa shape index (κ2) is 11.3. The van der Waals surface area contributed by atoms with Gasteiger partial charge in [0.25, 0.3) is 5.91 Å². The van der Waals surface area contributed by atoms with Gasteiger partial charge in [-0.3, -0.25) is 4.79 Å². The molecule has 2 aliphatic rings. The van der Waals surface area contributed by atoms with Crippen molar-refractivity contribution in [1.82, 2.24) is 24.6 Å². The summed E-state index contributed by atoms with van der Waals surface area (Å²) in [6.07, 6.45) is 7.77. The van der Waals surface area contributed by atoms with E-state index in [0.29, 0.717) is 31.1 Å². The second-order valence-corrected chi connectivity index (χ2v) is 11.0. The molecule has 40 heavy (non-hydrogen) atoms. The van der Waals surface area contributed by atoms with Crippen LogP contribution in [0.1, 0.15) is 60.4 Å². The van der Waals surface area contributed by atoms with Crippen LogP contribution in [0.5, 0.6) is 0 Å². The Hall–Kier alpha value is -3.88. The van der Waals surface area contributed by atoms with Gasteiger partial charge < -0.3 is 9.80 Å². The van der Waals surface area contributed by atoms with Crippen LogP contribution >= 0.6 is 0 Å². The average molecular weight is 545 g/mol. The van der Waals surface area contributed by atoms with Crippen LogP contribution in [0.25, 0.3) is 16.7 Å². The van der Waals surface area contributed by atoms with Crippen molar-refractivity contribution in [2.45, 2.75) is 51.9 Å². The molecule has 3 heterocycles. The van der Waals surface area contributed by atoms with Crippen LogP contribution in [0.3, 0.4) is 0 Å². The molecule has 1 amide bonds. The first kappa shape index (κ1) is 26.3. The Balaban J connectivity index is 1.35. The molecule has 7 nitrogen and oxygen atoms in total. The number of rotatable bonds is 5. The van der Waals surface area contributed by atoms with Crippen molar-refractivity contribution in [3.05, 3.63) is 77.2 Å². The minimum Gasteiger partial charge on any atom is -0.354 e. The number of carbonyl (C=O) groups is 1. The minimum atomic E-state index is -0.355. The number of anilines is 1. The van der Waals surface area contributed by atoms with Gasteiger partial charge in [-0.05, 0) is 67.8 Å². The van der Waals surface area contributed by atoms with Crippen molar-refractivity contribution in [3.63, 3.8) is 0 Å². The lowest BCUT2D eigenvalue weighted by atomic mass is 9.87. The van der Waals surface area contributed by atoms with Crippen LogP contribution in [-0.2, 0) is 6.42 Å². The highest BCUT2D eigenvalue weighted by atomic mass is 19.1. The Morgan fingerprint density at radius 3 is 2.27 bits per heavy atom. The summed E-state index contributed by atoms with van der Waals surface area (Å²) in [6.45, 7) is 4.46. The van der Waals surface area contributed by atoms with E-state index in [-0.39, 0.29) is 17.5 Å². The number of nitrogens with zero attached hydrogens (tertiary/aromatic N) is 6. The number of carbonyl (C=O) groups excluding carboxylic acids is 1. The molecular weight excluding hydrogens is 510 g/mol. The Kier molecular flexibility index (Phi) is 7.45. The number of aryl methyl sites for hydroxylation is 1. The van der Waals surface area contributed by atoms with E-state index < -0.39 is 0 Å². The Morgan fingerprint density at radius 1 is 0.850 bits per heavy atom. The van der Waals surface area contributed by atoms with Gasteiger partial charge in [-0.15, -0.1) is 0 Å². The molecule has 9 heteroatoms. The van der Waals surface area contributed by atoms with E-state index >= 15 is 0 Å². The molecule has 0 unspecified atom stereocenters.